The third kappa shape index (κ3) is 3.34. The number of Topliss-reactive ketones (excluding diaryl/α,β-unsaturated/α-hetero) is 1. The van der Waals surface area contributed by atoms with Crippen molar-refractivity contribution in [3.05, 3.63) is 11.3 Å². The van der Waals surface area contributed by atoms with Gasteiger partial charge in [0.05, 0.1) is 9.86 Å². The van der Waals surface area contributed by atoms with Crippen LogP contribution in [0.5, 0.6) is 0 Å². The lowest BCUT2D eigenvalue weighted by molar-refractivity contribution is -0.160. The molecule has 0 spiro atoms. The van der Waals surface area contributed by atoms with Gasteiger partial charge in [-0.25, -0.2) is 0 Å². The number of methoxy groups -OCH3 is 1. The van der Waals surface area contributed by atoms with Gasteiger partial charge in [0.2, 0.25) is 0 Å². The van der Waals surface area contributed by atoms with Crippen molar-refractivity contribution in [2.24, 2.45) is 5.41 Å². The van der Waals surface area contributed by atoms with Crippen molar-refractivity contribution in [2.45, 2.75) is 43.3 Å². The van der Waals surface area contributed by atoms with E-state index < -0.39 is 17.5 Å². The molecule has 0 bridgehead atoms. The number of β-lactam (4-membered cyclic amide) rings is 1. The molecule has 1 unspecified atom stereocenters. The molecule has 6 nitrogen and oxygen atoms in total. The highest BCUT2D eigenvalue weighted by atomic mass is 79.9. The molecule has 128 valence electrons. The molecule has 2 heterocycles. The van der Waals surface area contributed by atoms with Gasteiger partial charge in [-0.15, -0.1) is 11.8 Å². The van der Waals surface area contributed by atoms with E-state index in [-0.39, 0.29) is 27.8 Å². The van der Waals surface area contributed by atoms with E-state index in [4.69, 9.17) is 9.47 Å². The fourth-order valence-electron chi connectivity index (χ4n) is 2.42. The van der Waals surface area contributed by atoms with E-state index in [1.54, 1.807) is 20.8 Å². The molecule has 0 N–H and O–H groups in total. The molecule has 0 aromatic heterocycles. The number of nitrogens with zero attached hydrogens (tertiary/aromatic N) is 1. The minimum absolute atomic E-state index is 0.0243. The Morgan fingerprint density at radius 1 is 1.35 bits per heavy atom. The summed E-state index contributed by atoms with van der Waals surface area (Å²) in [6, 6.07) is 0. The van der Waals surface area contributed by atoms with Crippen molar-refractivity contribution in [1.82, 2.24) is 4.90 Å². The average Bonchev–Trinajstić information content (AvgIpc) is 2.43. The Bertz CT molecular complexity index is 583. The lowest BCUT2D eigenvalue weighted by Gasteiger charge is -2.51. The summed E-state index contributed by atoms with van der Waals surface area (Å²) in [5, 5.41) is -0.251. The summed E-state index contributed by atoms with van der Waals surface area (Å²) in [6.07, 6.45) is -0.557. The third-order valence-corrected chi connectivity index (χ3v) is 6.11. The molecule has 2 aliphatic heterocycles. The fraction of sp³-hybridized carbons (Fsp3) is 0.667. The molecular weight excluding hydrogens is 386 g/mol. The Morgan fingerprint density at radius 3 is 2.43 bits per heavy atom. The van der Waals surface area contributed by atoms with Crippen LogP contribution in [-0.2, 0) is 23.9 Å². The summed E-state index contributed by atoms with van der Waals surface area (Å²) in [7, 11) is 1.48. The monoisotopic (exact) mass is 405 g/mol. The molecule has 1 fully saturated rings. The van der Waals surface area contributed by atoms with Crippen LogP contribution in [0.4, 0.5) is 0 Å². The van der Waals surface area contributed by atoms with E-state index in [1.807, 2.05) is 0 Å². The van der Waals surface area contributed by atoms with Crippen LogP contribution in [0.25, 0.3) is 0 Å². The van der Waals surface area contributed by atoms with Gasteiger partial charge in [-0.1, -0.05) is 36.7 Å². The van der Waals surface area contributed by atoms with Crippen LogP contribution in [0.3, 0.4) is 0 Å². The number of ether oxygens (including phenoxy) is 2. The fourth-order valence-corrected chi connectivity index (χ4v) is 4.72. The number of allylic oxidation sites excluding steroid dienone is 1. The minimum Gasteiger partial charge on any atom is -0.461 e. The second kappa shape index (κ2) is 6.57. The first-order valence-electron chi connectivity index (χ1n) is 7.16. The molecule has 0 saturated carbocycles. The molecule has 0 aliphatic carbocycles. The Labute approximate surface area is 148 Å². The number of esters is 1. The lowest BCUT2D eigenvalue weighted by atomic mass is 9.85. The number of thioether (sulfide) groups is 1. The van der Waals surface area contributed by atoms with Crippen molar-refractivity contribution in [3.63, 3.8) is 0 Å². The zero-order valence-corrected chi connectivity index (χ0v) is 16.1. The zero-order chi connectivity index (χ0) is 17.5. The molecule has 8 heteroatoms. The van der Waals surface area contributed by atoms with Gasteiger partial charge in [0.1, 0.15) is 12.0 Å². The summed E-state index contributed by atoms with van der Waals surface area (Å²) in [5.41, 5.74) is 0.265. The molecule has 0 aromatic carbocycles. The van der Waals surface area contributed by atoms with Crippen LogP contribution < -0.4 is 0 Å². The molecular formula is C15H20BrNO5S. The highest BCUT2D eigenvalue weighted by molar-refractivity contribution is 9.11. The predicted molar refractivity (Wildman–Crippen MR) is 89.9 cm³/mol. The van der Waals surface area contributed by atoms with Crippen LogP contribution in [0, 0.1) is 5.41 Å². The van der Waals surface area contributed by atoms with E-state index in [9.17, 15) is 14.4 Å². The second-order valence-corrected chi connectivity index (χ2v) is 9.19. The first kappa shape index (κ1) is 18.5. The second-order valence-electron chi connectivity index (χ2n) is 6.44. The minimum atomic E-state index is -0.658. The maximum Gasteiger partial charge on any atom is 0.302 e. The molecule has 3 atom stereocenters. The van der Waals surface area contributed by atoms with Gasteiger partial charge in [0, 0.05) is 25.0 Å². The van der Waals surface area contributed by atoms with Crippen LogP contribution in [0.2, 0.25) is 0 Å². The number of halogens is 1. The topological polar surface area (TPSA) is 72.9 Å². The maximum absolute atomic E-state index is 12.9. The first-order valence-corrected chi connectivity index (χ1v) is 9.02. The summed E-state index contributed by atoms with van der Waals surface area (Å²) in [4.78, 5) is 37.8. The summed E-state index contributed by atoms with van der Waals surface area (Å²) >= 11 is 4.99. The SMILES string of the molecule is CO[C@H]1C(=O)N2C(C(=O)C(C)(C)C)=C(COC(C)=O)C(Br)S[C@H]12. The molecule has 1 saturated heterocycles. The normalized spacial score (nSPS) is 27.5. The van der Waals surface area contributed by atoms with Gasteiger partial charge in [-0.3, -0.25) is 19.3 Å². The van der Waals surface area contributed by atoms with E-state index in [0.717, 1.165) is 0 Å². The lowest BCUT2D eigenvalue weighted by Crippen LogP contribution is -2.66. The van der Waals surface area contributed by atoms with Crippen molar-refractivity contribution in [3.8, 4) is 0 Å². The Kier molecular flexibility index (Phi) is 5.27. The summed E-state index contributed by atoms with van der Waals surface area (Å²) < 4.78 is 10.1. The van der Waals surface area contributed by atoms with Crippen LogP contribution in [0.1, 0.15) is 27.7 Å². The number of carbonyl (C=O) groups is 3. The smallest absolute Gasteiger partial charge is 0.302 e. The van der Waals surface area contributed by atoms with Crippen molar-refractivity contribution >= 4 is 45.4 Å². The van der Waals surface area contributed by atoms with Gasteiger partial charge in [-0.05, 0) is 0 Å². The van der Waals surface area contributed by atoms with Crippen LogP contribution in [-0.4, -0.2) is 51.9 Å². The number of rotatable bonds is 4. The Hall–Kier alpha value is -0.860. The zero-order valence-electron chi connectivity index (χ0n) is 13.7. The highest BCUT2D eigenvalue weighted by Crippen LogP contribution is 2.48. The molecule has 2 aliphatic rings. The van der Waals surface area contributed by atoms with E-state index in [0.29, 0.717) is 11.3 Å². The third-order valence-electron chi connectivity index (χ3n) is 3.65. The number of ketones is 1. The van der Waals surface area contributed by atoms with Gasteiger partial charge < -0.3 is 9.47 Å². The van der Waals surface area contributed by atoms with Crippen molar-refractivity contribution in [1.29, 1.82) is 0 Å². The number of amides is 1. The number of hydrogen-bond donors (Lipinski definition) is 0. The standard InChI is InChI=1S/C15H20BrNO5S/c1-7(18)22-6-8-9(11(19)15(2,3)4)17-13(20)10(21-5)14(17)23-12(8)16/h10,12,14H,6H2,1-5H3/t10-,12?,14+/m0/s1. The predicted octanol–water partition coefficient (Wildman–Crippen LogP) is 2.07. The maximum atomic E-state index is 12.9. The quantitative estimate of drug-likeness (QED) is 0.404. The average molecular weight is 406 g/mol. The van der Waals surface area contributed by atoms with E-state index in [1.165, 1.54) is 30.7 Å². The van der Waals surface area contributed by atoms with Gasteiger partial charge in [0.15, 0.2) is 11.9 Å². The molecule has 0 radical (unpaired) electrons. The molecule has 23 heavy (non-hydrogen) atoms. The van der Waals surface area contributed by atoms with Crippen LogP contribution >= 0.6 is 27.7 Å². The summed E-state index contributed by atoms with van der Waals surface area (Å²) in [5.74, 6) is -0.828. The number of fused-ring (bicyclic) bond motifs is 1. The van der Waals surface area contributed by atoms with Crippen molar-refractivity contribution in [2.75, 3.05) is 13.7 Å². The van der Waals surface area contributed by atoms with Gasteiger partial charge in [0.25, 0.3) is 5.91 Å². The van der Waals surface area contributed by atoms with Gasteiger partial charge in [-0.2, -0.15) is 0 Å². The van der Waals surface area contributed by atoms with Gasteiger partial charge >= 0.3 is 5.97 Å². The first-order chi connectivity index (χ1) is 10.6. The molecule has 1 amide bonds. The number of alkyl halides is 1. The largest absolute Gasteiger partial charge is 0.461 e. The van der Waals surface area contributed by atoms with E-state index >= 15 is 0 Å². The highest BCUT2D eigenvalue weighted by Gasteiger charge is 2.56. The Balaban J connectivity index is 2.46. The van der Waals surface area contributed by atoms with Crippen LogP contribution in [0.15, 0.2) is 11.3 Å². The molecule has 2 rings (SSSR count). The van der Waals surface area contributed by atoms with E-state index in [2.05, 4.69) is 15.9 Å². The summed E-state index contributed by atoms with van der Waals surface area (Å²) in [6.45, 7) is 6.67. The Morgan fingerprint density at radius 2 is 1.96 bits per heavy atom. The molecule has 0 aromatic rings. The number of carbonyl (C=O) groups excluding carboxylic acids is 3. The number of hydrogen-bond acceptors (Lipinski definition) is 6. The van der Waals surface area contributed by atoms with Crippen molar-refractivity contribution < 1.29 is 23.9 Å².